The van der Waals surface area contributed by atoms with Crippen molar-refractivity contribution in [3.05, 3.63) is 30.6 Å². The minimum absolute atomic E-state index is 0.0629. The molecule has 1 saturated heterocycles. The zero-order chi connectivity index (χ0) is 19.1. The third-order valence-electron chi connectivity index (χ3n) is 5.42. The van der Waals surface area contributed by atoms with Crippen molar-refractivity contribution in [3.8, 4) is 17.0 Å². The Bertz CT molecular complexity index is 1010. The minimum Gasteiger partial charge on any atom is -0.486 e. The highest BCUT2D eigenvalue weighted by Gasteiger charge is 2.30. The summed E-state index contributed by atoms with van der Waals surface area (Å²) >= 11 is 0. The van der Waals surface area contributed by atoms with Gasteiger partial charge >= 0.3 is 0 Å². The zero-order valence-electron chi connectivity index (χ0n) is 15.9. The maximum absolute atomic E-state index is 12.0. The zero-order valence-corrected chi connectivity index (χ0v) is 15.9. The van der Waals surface area contributed by atoms with Crippen LogP contribution >= 0.6 is 0 Å². The first-order valence-electron chi connectivity index (χ1n) is 9.87. The molecule has 8 nitrogen and oxygen atoms in total. The van der Waals surface area contributed by atoms with E-state index in [0.717, 1.165) is 61.3 Å². The van der Waals surface area contributed by atoms with Crippen LogP contribution in [0.4, 0.5) is 5.82 Å². The smallest absolute Gasteiger partial charge is 0.228 e. The molecule has 8 heteroatoms. The quantitative estimate of drug-likeness (QED) is 0.709. The predicted molar refractivity (Wildman–Crippen MR) is 105 cm³/mol. The SMILES string of the molecule is Cn1ncc(OC2CCNCC2)c1-c1ccn2nc(NC(=O)C3CC3)cc2c1. The Morgan fingerprint density at radius 1 is 1.25 bits per heavy atom. The van der Waals surface area contributed by atoms with Gasteiger partial charge in [-0.05, 0) is 50.9 Å². The molecule has 3 aromatic rings. The molecule has 0 aromatic carbocycles. The molecule has 2 N–H and O–H groups in total. The highest BCUT2D eigenvalue weighted by Crippen LogP contribution is 2.33. The minimum atomic E-state index is 0.0629. The van der Waals surface area contributed by atoms with Crippen LogP contribution in [0.25, 0.3) is 16.8 Å². The van der Waals surface area contributed by atoms with E-state index < -0.39 is 0 Å². The summed E-state index contributed by atoms with van der Waals surface area (Å²) in [5.74, 6) is 1.61. The van der Waals surface area contributed by atoms with Gasteiger partial charge in [0.25, 0.3) is 0 Å². The van der Waals surface area contributed by atoms with Crippen LogP contribution in [0.5, 0.6) is 5.75 Å². The molecular weight excluding hydrogens is 356 g/mol. The first-order chi connectivity index (χ1) is 13.7. The second-order valence-corrected chi connectivity index (χ2v) is 7.63. The van der Waals surface area contributed by atoms with E-state index in [4.69, 9.17) is 4.74 Å². The van der Waals surface area contributed by atoms with Crippen LogP contribution in [-0.2, 0) is 11.8 Å². The molecule has 0 atom stereocenters. The lowest BCUT2D eigenvalue weighted by molar-refractivity contribution is -0.117. The fourth-order valence-corrected chi connectivity index (χ4v) is 3.70. The van der Waals surface area contributed by atoms with Gasteiger partial charge in [-0.15, -0.1) is 0 Å². The number of piperidine rings is 1. The second kappa shape index (κ2) is 6.94. The molecule has 1 amide bonds. The number of carbonyl (C=O) groups is 1. The molecule has 2 fully saturated rings. The number of hydrogen-bond donors (Lipinski definition) is 2. The van der Waals surface area contributed by atoms with Crippen LogP contribution in [0.3, 0.4) is 0 Å². The Balaban J connectivity index is 1.42. The third kappa shape index (κ3) is 3.35. The lowest BCUT2D eigenvalue weighted by Gasteiger charge is -2.23. The first-order valence-corrected chi connectivity index (χ1v) is 9.87. The summed E-state index contributed by atoms with van der Waals surface area (Å²) in [7, 11) is 1.92. The number of carbonyl (C=O) groups excluding carboxylic acids is 1. The maximum Gasteiger partial charge on any atom is 0.228 e. The van der Waals surface area contributed by atoms with Gasteiger partial charge in [0.15, 0.2) is 11.6 Å². The molecule has 1 aliphatic carbocycles. The summed E-state index contributed by atoms with van der Waals surface area (Å²) in [6.45, 7) is 1.97. The van der Waals surface area contributed by atoms with Gasteiger partial charge in [-0.25, -0.2) is 4.52 Å². The van der Waals surface area contributed by atoms with Crippen LogP contribution in [0.1, 0.15) is 25.7 Å². The van der Waals surface area contributed by atoms with Gasteiger partial charge in [0, 0.05) is 30.8 Å². The number of aromatic nitrogens is 4. The van der Waals surface area contributed by atoms with Crippen molar-refractivity contribution >= 4 is 17.2 Å². The average molecular weight is 380 g/mol. The molecule has 1 saturated carbocycles. The van der Waals surface area contributed by atoms with Crippen molar-refractivity contribution in [3.63, 3.8) is 0 Å². The van der Waals surface area contributed by atoms with Crippen molar-refractivity contribution in [1.29, 1.82) is 0 Å². The van der Waals surface area contributed by atoms with E-state index in [9.17, 15) is 4.79 Å². The number of aryl methyl sites for hydroxylation is 1. The topological polar surface area (TPSA) is 85.5 Å². The van der Waals surface area contributed by atoms with Crippen LogP contribution in [0.2, 0.25) is 0 Å². The lowest BCUT2D eigenvalue weighted by atomic mass is 10.1. The van der Waals surface area contributed by atoms with E-state index in [0.29, 0.717) is 5.82 Å². The molecule has 28 heavy (non-hydrogen) atoms. The number of amides is 1. The molecular formula is C20H24N6O2. The fourth-order valence-electron chi connectivity index (χ4n) is 3.70. The fraction of sp³-hybridized carbons (Fsp3) is 0.450. The van der Waals surface area contributed by atoms with E-state index in [1.165, 1.54) is 0 Å². The third-order valence-corrected chi connectivity index (χ3v) is 5.42. The number of nitrogens with one attached hydrogen (secondary N) is 2. The van der Waals surface area contributed by atoms with Gasteiger partial charge in [-0.3, -0.25) is 9.48 Å². The van der Waals surface area contributed by atoms with Crippen LogP contribution in [0, 0.1) is 5.92 Å². The second-order valence-electron chi connectivity index (χ2n) is 7.63. The molecule has 5 rings (SSSR count). The number of ether oxygens (including phenoxy) is 1. The monoisotopic (exact) mass is 380 g/mol. The standard InChI is InChI=1S/C20H24N6O2/c1-25-19(17(12-22-25)28-16-4-7-21-8-5-16)14-6-9-26-15(10-14)11-18(24-26)23-20(27)13-2-3-13/h6,9-13,16,21H,2-5,7-8H2,1H3,(H,23,24,27). The molecule has 0 spiro atoms. The van der Waals surface area contributed by atoms with E-state index in [1.807, 2.05) is 36.1 Å². The summed E-state index contributed by atoms with van der Waals surface area (Å²) in [4.78, 5) is 12.0. The summed E-state index contributed by atoms with van der Waals surface area (Å²) in [5, 5.41) is 15.1. The maximum atomic E-state index is 12.0. The average Bonchev–Trinajstić information content (AvgIpc) is 3.39. The van der Waals surface area contributed by atoms with Crippen molar-refractivity contribution in [2.24, 2.45) is 13.0 Å². The van der Waals surface area contributed by atoms with Gasteiger partial charge in [0.2, 0.25) is 5.91 Å². The van der Waals surface area contributed by atoms with Gasteiger partial charge in [0.1, 0.15) is 11.8 Å². The normalized spacial score (nSPS) is 17.8. The number of pyridine rings is 1. The Labute approximate surface area is 162 Å². The van der Waals surface area contributed by atoms with Gasteiger partial charge in [-0.1, -0.05) is 0 Å². The Kier molecular flexibility index (Phi) is 4.27. The number of fused-ring (bicyclic) bond motifs is 1. The lowest BCUT2D eigenvalue weighted by Crippen LogP contribution is -2.34. The van der Waals surface area contributed by atoms with Crippen molar-refractivity contribution < 1.29 is 9.53 Å². The number of anilines is 1. The van der Waals surface area contributed by atoms with Crippen LogP contribution in [-0.4, -0.2) is 44.5 Å². The number of nitrogens with zero attached hydrogens (tertiary/aromatic N) is 4. The molecule has 146 valence electrons. The van der Waals surface area contributed by atoms with E-state index in [-0.39, 0.29) is 17.9 Å². The molecule has 0 unspecified atom stereocenters. The molecule has 4 heterocycles. The predicted octanol–water partition coefficient (Wildman–Crippen LogP) is 2.21. The Morgan fingerprint density at radius 2 is 2.07 bits per heavy atom. The number of hydrogen-bond acceptors (Lipinski definition) is 5. The highest BCUT2D eigenvalue weighted by atomic mass is 16.5. The number of rotatable bonds is 5. The molecule has 0 radical (unpaired) electrons. The first kappa shape index (κ1) is 17.2. The largest absolute Gasteiger partial charge is 0.486 e. The molecule has 0 bridgehead atoms. The molecule has 1 aliphatic heterocycles. The Hall–Kier alpha value is -2.87. The summed E-state index contributed by atoms with van der Waals surface area (Å²) in [6.07, 6.45) is 7.86. The van der Waals surface area contributed by atoms with Crippen molar-refractivity contribution in [2.75, 3.05) is 18.4 Å². The van der Waals surface area contributed by atoms with Crippen molar-refractivity contribution in [2.45, 2.75) is 31.8 Å². The van der Waals surface area contributed by atoms with Gasteiger partial charge in [0.05, 0.1) is 11.7 Å². The van der Waals surface area contributed by atoms with E-state index in [1.54, 1.807) is 10.7 Å². The van der Waals surface area contributed by atoms with Crippen LogP contribution < -0.4 is 15.4 Å². The summed E-state index contributed by atoms with van der Waals surface area (Å²) < 4.78 is 9.88. The van der Waals surface area contributed by atoms with Crippen LogP contribution in [0.15, 0.2) is 30.6 Å². The van der Waals surface area contributed by atoms with Gasteiger partial charge in [-0.2, -0.15) is 10.2 Å². The van der Waals surface area contributed by atoms with E-state index >= 15 is 0 Å². The molecule has 3 aromatic heterocycles. The van der Waals surface area contributed by atoms with Gasteiger partial charge < -0.3 is 15.4 Å². The summed E-state index contributed by atoms with van der Waals surface area (Å²) in [5.41, 5.74) is 2.87. The highest BCUT2D eigenvalue weighted by molar-refractivity contribution is 5.93. The molecule has 2 aliphatic rings. The van der Waals surface area contributed by atoms with Crippen molar-refractivity contribution in [1.82, 2.24) is 24.7 Å². The Morgan fingerprint density at radius 3 is 2.86 bits per heavy atom. The van der Waals surface area contributed by atoms with E-state index in [2.05, 4.69) is 20.8 Å². The summed E-state index contributed by atoms with van der Waals surface area (Å²) in [6, 6.07) is 5.94.